The number of hydrogen-bond acceptors (Lipinski definition) is 1. The van der Waals surface area contributed by atoms with E-state index in [4.69, 9.17) is 0 Å². The zero-order valence-electron chi connectivity index (χ0n) is 9.63. The van der Waals surface area contributed by atoms with E-state index in [0.717, 1.165) is 17.2 Å². The highest BCUT2D eigenvalue weighted by Gasteiger charge is 2.08. The summed E-state index contributed by atoms with van der Waals surface area (Å²) in [6.45, 7) is 2.21. The highest BCUT2D eigenvalue weighted by molar-refractivity contribution is 7.11. The van der Waals surface area contributed by atoms with Crippen LogP contribution in [0.5, 0.6) is 0 Å². The van der Waals surface area contributed by atoms with Gasteiger partial charge >= 0.3 is 0 Å². The molecule has 0 bridgehead atoms. The lowest BCUT2D eigenvalue weighted by atomic mass is 10.1. The topological polar surface area (TPSA) is 0 Å². The van der Waals surface area contributed by atoms with Crippen molar-refractivity contribution >= 4 is 22.1 Å². The molecule has 0 aliphatic heterocycles. The van der Waals surface area contributed by atoms with Gasteiger partial charge < -0.3 is 0 Å². The van der Waals surface area contributed by atoms with E-state index in [1.165, 1.54) is 30.6 Å². The molecule has 2 aromatic rings. The van der Waals surface area contributed by atoms with Crippen LogP contribution in [-0.4, -0.2) is 0 Å². The molecule has 1 heterocycles. The second kappa shape index (κ2) is 5.44. The van der Waals surface area contributed by atoms with Gasteiger partial charge in [-0.25, -0.2) is 4.39 Å². The number of thiophene rings is 1. The molecular formula is C14H17FS. The Bertz CT molecular complexity index is 459. The van der Waals surface area contributed by atoms with Gasteiger partial charge in [-0.05, 0) is 29.7 Å². The minimum absolute atomic E-state index is 0.0655. The number of hydrogen-bond donors (Lipinski definition) is 0. The van der Waals surface area contributed by atoms with Crippen molar-refractivity contribution in [3.8, 4) is 0 Å². The molecule has 0 unspecified atom stereocenters. The van der Waals surface area contributed by atoms with Gasteiger partial charge in [-0.15, -0.1) is 11.3 Å². The first kappa shape index (κ1) is 11.6. The molecule has 0 aliphatic carbocycles. The summed E-state index contributed by atoms with van der Waals surface area (Å²) in [7, 11) is 0. The van der Waals surface area contributed by atoms with Crippen LogP contribution in [0.2, 0.25) is 0 Å². The summed E-state index contributed by atoms with van der Waals surface area (Å²) in [6.07, 6.45) is 5.99. The highest BCUT2D eigenvalue weighted by Crippen LogP contribution is 2.29. The van der Waals surface area contributed by atoms with E-state index >= 15 is 0 Å². The van der Waals surface area contributed by atoms with Crippen molar-refractivity contribution in [1.82, 2.24) is 0 Å². The summed E-state index contributed by atoms with van der Waals surface area (Å²) in [5, 5.41) is 3.97. The van der Waals surface area contributed by atoms with Gasteiger partial charge in [0.25, 0.3) is 0 Å². The second-order valence-corrected chi connectivity index (χ2v) is 5.14. The Hall–Kier alpha value is -0.890. The second-order valence-electron chi connectivity index (χ2n) is 4.17. The van der Waals surface area contributed by atoms with Crippen LogP contribution in [0.1, 0.15) is 37.5 Å². The van der Waals surface area contributed by atoms with Crippen LogP contribution >= 0.6 is 11.3 Å². The number of fused-ring (bicyclic) bond motifs is 1. The van der Waals surface area contributed by atoms with Crippen molar-refractivity contribution in [2.45, 2.75) is 39.0 Å². The zero-order chi connectivity index (χ0) is 11.4. The summed E-state index contributed by atoms with van der Waals surface area (Å²) in [4.78, 5) is 1.21. The average molecular weight is 236 g/mol. The number of benzene rings is 1. The van der Waals surface area contributed by atoms with Gasteiger partial charge in [-0.2, -0.15) is 0 Å². The Morgan fingerprint density at radius 1 is 1.19 bits per heavy atom. The molecule has 0 saturated carbocycles. The molecule has 0 radical (unpaired) electrons. The highest BCUT2D eigenvalue weighted by atomic mass is 32.1. The molecule has 0 nitrogen and oxygen atoms in total. The third-order valence-electron chi connectivity index (χ3n) is 2.91. The largest absolute Gasteiger partial charge is 0.206 e. The fraction of sp³-hybridized carbons (Fsp3) is 0.429. The molecule has 0 aliphatic rings. The SMILES string of the molecule is CCCCCCc1scc2cccc(F)c12. The number of halogens is 1. The maximum atomic E-state index is 13.7. The fourth-order valence-corrected chi connectivity index (χ4v) is 3.08. The van der Waals surface area contributed by atoms with E-state index in [9.17, 15) is 4.39 Å². The molecule has 0 N–H and O–H groups in total. The Balaban J connectivity index is 2.12. The zero-order valence-corrected chi connectivity index (χ0v) is 10.4. The number of unbranched alkanes of at least 4 members (excludes halogenated alkanes) is 3. The quantitative estimate of drug-likeness (QED) is 0.629. The van der Waals surface area contributed by atoms with Crippen LogP contribution in [0, 0.1) is 5.82 Å². The van der Waals surface area contributed by atoms with E-state index in [0.29, 0.717) is 0 Å². The van der Waals surface area contributed by atoms with Crippen molar-refractivity contribution in [1.29, 1.82) is 0 Å². The standard InChI is InChI=1S/C14H17FS/c1-2-3-4-5-9-13-14-11(10-16-13)7-6-8-12(14)15/h6-8,10H,2-5,9H2,1H3. The molecule has 16 heavy (non-hydrogen) atoms. The molecular weight excluding hydrogens is 219 g/mol. The van der Waals surface area contributed by atoms with Crippen LogP contribution in [-0.2, 0) is 6.42 Å². The summed E-state index contributed by atoms with van der Waals surface area (Å²) >= 11 is 1.70. The summed E-state index contributed by atoms with van der Waals surface area (Å²) < 4.78 is 13.7. The van der Waals surface area contributed by atoms with Crippen LogP contribution in [0.25, 0.3) is 10.8 Å². The van der Waals surface area contributed by atoms with Crippen LogP contribution in [0.15, 0.2) is 23.6 Å². The lowest BCUT2D eigenvalue weighted by Crippen LogP contribution is -1.85. The van der Waals surface area contributed by atoms with E-state index in [-0.39, 0.29) is 5.82 Å². The van der Waals surface area contributed by atoms with Gasteiger partial charge in [0.05, 0.1) is 0 Å². The third kappa shape index (κ3) is 2.43. The fourth-order valence-electron chi connectivity index (χ4n) is 2.02. The number of aryl methyl sites for hydroxylation is 1. The lowest BCUT2D eigenvalue weighted by Gasteiger charge is -2.00. The Labute approximate surface area is 100 Å². The van der Waals surface area contributed by atoms with Crippen LogP contribution < -0.4 is 0 Å². The van der Waals surface area contributed by atoms with Gasteiger partial charge in [-0.3, -0.25) is 0 Å². The van der Waals surface area contributed by atoms with Gasteiger partial charge in [0.1, 0.15) is 5.82 Å². The van der Waals surface area contributed by atoms with E-state index in [1.54, 1.807) is 23.5 Å². The summed E-state index contributed by atoms with van der Waals surface area (Å²) in [6, 6.07) is 5.33. The third-order valence-corrected chi connectivity index (χ3v) is 3.97. The predicted octanol–water partition coefficient (Wildman–Crippen LogP) is 5.16. The maximum Gasteiger partial charge on any atom is 0.132 e. The van der Waals surface area contributed by atoms with Crippen molar-refractivity contribution in [3.05, 3.63) is 34.3 Å². The van der Waals surface area contributed by atoms with E-state index in [1.807, 2.05) is 6.07 Å². The van der Waals surface area contributed by atoms with Gasteiger partial charge in [0.2, 0.25) is 0 Å². The Morgan fingerprint density at radius 2 is 2.06 bits per heavy atom. The van der Waals surface area contributed by atoms with Crippen LogP contribution in [0.3, 0.4) is 0 Å². The lowest BCUT2D eigenvalue weighted by molar-refractivity contribution is 0.637. The van der Waals surface area contributed by atoms with E-state index < -0.39 is 0 Å². The first-order chi connectivity index (χ1) is 7.83. The normalized spacial score (nSPS) is 11.1. The number of rotatable bonds is 5. The average Bonchev–Trinajstić information content (AvgIpc) is 2.69. The summed E-state index contributed by atoms with van der Waals surface area (Å²) in [5.74, 6) is -0.0655. The van der Waals surface area contributed by atoms with Crippen molar-refractivity contribution < 1.29 is 4.39 Å². The maximum absolute atomic E-state index is 13.7. The minimum Gasteiger partial charge on any atom is -0.206 e. The molecule has 0 spiro atoms. The molecule has 86 valence electrons. The molecule has 0 saturated heterocycles. The van der Waals surface area contributed by atoms with Crippen molar-refractivity contribution in [2.75, 3.05) is 0 Å². The molecule has 2 rings (SSSR count). The van der Waals surface area contributed by atoms with Gasteiger partial charge in [-0.1, -0.05) is 38.3 Å². The molecule has 1 aromatic carbocycles. The van der Waals surface area contributed by atoms with E-state index in [2.05, 4.69) is 12.3 Å². The van der Waals surface area contributed by atoms with Crippen molar-refractivity contribution in [3.63, 3.8) is 0 Å². The molecule has 1 aromatic heterocycles. The first-order valence-corrected chi connectivity index (χ1v) is 6.85. The molecule has 2 heteroatoms. The Morgan fingerprint density at radius 3 is 2.88 bits per heavy atom. The Kier molecular flexibility index (Phi) is 3.94. The molecule has 0 atom stereocenters. The molecule has 0 amide bonds. The van der Waals surface area contributed by atoms with Gasteiger partial charge in [0, 0.05) is 10.3 Å². The van der Waals surface area contributed by atoms with Crippen molar-refractivity contribution in [2.24, 2.45) is 0 Å². The van der Waals surface area contributed by atoms with Crippen LogP contribution in [0.4, 0.5) is 4.39 Å². The minimum atomic E-state index is -0.0655. The summed E-state index contributed by atoms with van der Waals surface area (Å²) in [5.41, 5.74) is 0. The molecule has 0 fully saturated rings. The van der Waals surface area contributed by atoms with Gasteiger partial charge in [0.15, 0.2) is 0 Å². The monoisotopic (exact) mass is 236 g/mol. The smallest absolute Gasteiger partial charge is 0.132 e. The predicted molar refractivity (Wildman–Crippen MR) is 69.6 cm³/mol. The first-order valence-electron chi connectivity index (χ1n) is 5.97.